The van der Waals surface area contributed by atoms with Crippen molar-refractivity contribution >= 4 is 17.4 Å². The standard InChI is InChI=1S/C42H49N3O5/c1-28-37(24-45-27-42(4)23-34(45)22-41(2,3)26-42)49-39(50-38(28)30-15-13-29(25-46)14-16-30)31-9-8-10-33(21-31)44-40(47)43-32-17-19-36(20-18-32)48-35-11-6-5-7-12-35/h5-21,28,34,37-39,46H,22-27H2,1-4H3,(H2,43,44,47)/t28-,34?,37+,38+,39+,42?/m0/s1. The van der Waals surface area contributed by atoms with Crippen molar-refractivity contribution in [2.75, 3.05) is 23.7 Å². The van der Waals surface area contributed by atoms with Gasteiger partial charge in [-0.05, 0) is 89.8 Å². The van der Waals surface area contributed by atoms with Gasteiger partial charge in [0.15, 0.2) is 6.29 Å². The van der Waals surface area contributed by atoms with Gasteiger partial charge in [-0.2, -0.15) is 0 Å². The van der Waals surface area contributed by atoms with Crippen molar-refractivity contribution in [2.24, 2.45) is 16.7 Å². The highest BCUT2D eigenvalue weighted by atomic mass is 16.7. The number of aliphatic hydroxyl groups excluding tert-OH is 1. The van der Waals surface area contributed by atoms with Gasteiger partial charge in [0.2, 0.25) is 0 Å². The van der Waals surface area contributed by atoms with Crippen LogP contribution in [0.25, 0.3) is 0 Å². The second-order valence-corrected chi connectivity index (χ2v) is 15.6. The van der Waals surface area contributed by atoms with E-state index in [1.54, 1.807) is 0 Å². The topological polar surface area (TPSA) is 92.3 Å². The Morgan fingerprint density at radius 3 is 2.30 bits per heavy atom. The molecule has 0 aromatic heterocycles. The van der Waals surface area contributed by atoms with E-state index in [2.05, 4.69) is 55.4 Å². The molecule has 0 spiro atoms. The molecule has 7 rings (SSSR count). The second kappa shape index (κ2) is 14.2. The molecule has 1 aliphatic carbocycles. The van der Waals surface area contributed by atoms with E-state index in [1.807, 2.05) is 91.0 Å². The number of rotatable bonds is 9. The summed E-state index contributed by atoms with van der Waals surface area (Å²) < 4.78 is 19.5. The molecule has 1 saturated carbocycles. The number of hydrogen-bond acceptors (Lipinski definition) is 6. The first-order valence-electron chi connectivity index (χ1n) is 17.8. The minimum Gasteiger partial charge on any atom is -0.457 e. The van der Waals surface area contributed by atoms with Gasteiger partial charge in [0.25, 0.3) is 0 Å². The maximum atomic E-state index is 13.0. The zero-order valence-corrected chi connectivity index (χ0v) is 29.5. The summed E-state index contributed by atoms with van der Waals surface area (Å²) in [5, 5.41) is 15.5. The van der Waals surface area contributed by atoms with Crippen molar-refractivity contribution in [1.29, 1.82) is 0 Å². The van der Waals surface area contributed by atoms with Gasteiger partial charge in [-0.1, -0.05) is 82.3 Å². The van der Waals surface area contributed by atoms with E-state index in [9.17, 15) is 9.90 Å². The lowest BCUT2D eigenvalue weighted by atomic mass is 9.65. The molecule has 2 amide bonds. The summed E-state index contributed by atoms with van der Waals surface area (Å²) in [5.41, 5.74) is 4.73. The van der Waals surface area contributed by atoms with Crippen LogP contribution in [0.4, 0.5) is 16.2 Å². The summed E-state index contributed by atoms with van der Waals surface area (Å²) in [7, 11) is 0. The molecule has 6 atom stereocenters. The number of amides is 2. The number of carbonyl (C=O) groups is 1. The van der Waals surface area contributed by atoms with Crippen LogP contribution in [0, 0.1) is 16.7 Å². The maximum absolute atomic E-state index is 13.0. The summed E-state index contributed by atoms with van der Waals surface area (Å²) in [4.78, 5) is 15.7. The molecule has 2 heterocycles. The highest BCUT2D eigenvalue weighted by Crippen LogP contribution is 2.53. The number of likely N-dealkylation sites (tertiary alicyclic amines) is 1. The van der Waals surface area contributed by atoms with E-state index in [1.165, 1.54) is 19.3 Å². The minimum absolute atomic E-state index is 0.00252. The summed E-state index contributed by atoms with van der Waals surface area (Å²) in [6.07, 6.45) is 2.82. The molecule has 4 aromatic carbocycles. The number of benzene rings is 4. The van der Waals surface area contributed by atoms with Crippen LogP contribution in [-0.4, -0.2) is 41.3 Å². The molecule has 4 aromatic rings. The number of nitrogens with zero attached hydrogens (tertiary/aromatic N) is 1. The fourth-order valence-electron chi connectivity index (χ4n) is 8.64. The Kier molecular flexibility index (Phi) is 9.72. The summed E-state index contributed by atoms with van der Waals surface area (Å²) in [6, 6.07) is 32.8. The molecule has 50 heavy (non-hydrogen) atoms. The van der Waals surface area contributed by atoms with Crippen LogP contribution in [0.2, 0.25) is 0 Å². The van der Waals surface area contributed by atoms with Crippen LogP contribution in [0.15, 0.2) is 103 Å². The Morgan fingerprint density at radius 2 is 1.56 bits per heavy atom. The fourth-order valence-corrected chi connectivity index (χ4v) is 8.64. The first-order valence-corrected chi connectivity index (χ1v) is 17.8. The van der Waals surface area contributed by atoms with Crippen LogP contribution >= 0.6 is 0 Å². The third-order valence-corrected chi connectivity index (χ3v) is 10.6. The molecule has 2 saturated heterocycles. The first-order chi connectivity index (χ1) is 24.0. The molecule has 2 unspecified atom stereocenters. The van der Waals surface area contributed by atoms with Crippen molar-refractivity contribution in [1.82, 2.24) is 4.90 Å². The SMILES string of the molecule is C[C@H]1[C@@H](CN2CC3(C)CC2CC(C)(C)C3)O[C@@H](c2cccc(NC(=O)Nc3ccc(Oc4ccccc4)cc3)c2)O[C@H]1c1ccc(CO)cc1. The number of fused-ring (bicyclic) bond motifs is 2. The minimum atomic E-state index is -0.616. The van der Waals surface area contributed by atoms with E-state index in [-0.39, 0.29) is 30.8 Å². The Morgan fingerprint density at radius 1 is 0.840 bits per heavy atom. The Hall–Kier alpha value is -4.21. The van der Waals surface area contributed by atoms with Crippen molar-refractivity contribution in [2.45, 2.75) is 78.1 Å². The molecule has 2 bridgehead atoms. The third-order valence-electron chi connectivity index (χ3n) is 10.6. The smallest absolute Gasteiger partial charge is 0.323 e. The Labute approximate surface area is 295 Å². The summed E-state index contributed by atoms with van der Waals surface area (Å²) >= 11 is 0. The van der Waals surface area contributed by atoms with Crippen molar-refractivity contribution in [3.8, 4) is 11.5 Å². The normalized spacial score (nSPS) is 27.4. The molecule has 3 aliphatic rings. The number of urea groups is 1. The van der Waals surface area contributed by atoms with E-state index >= 15 is 0 Å². The highest BCUT2D eigenvalue weighted by Gasteiger charge is 2.51. The van der Waals surface area contributed by atoms with Crippen molar-refractivity contribution < 1.29 is 24.1 Å². The molecule has 3 N–H and O–H groups in total. The lowest BCUT2D eigenvalue weighted by molar-refractivity contribution is -0.276. The predicted octanol–water partition coefficient (Wildman–Crippen LogP) is 9.31. The summed E-state index contributed by atoms with van der Waals surface area (Å²) in [6.45, 7) is 11.4. The fraction of sp³-hybridized carbons (Fsp3) is 0.405. The largest absolute Gasteiger partial charge is 0.457 e. The molecule has 8 heteroatoms. The molecule has 262 valence electrons. The number of nitrogens with one attached hydrogen (secondary N) is 2. The number of hydrogen-bond donors (Lipinski definition) is 3. The lowest BCUT2D eigenvalue weighted by Gasteiger charge is -2.43. The predicted molar refractivity (Wildman–Crippen MR) is 196 cm³/mol. The molecular weight excluding hydrogens is 626 g/mol. The van der Waals surface area contributed by atoms with Crippen molar-refractivity contribution in [3.63, 3.8) is 0 Å². The van der Waals surface area contributed by atoms with Gasteiger partial charge in [0, 0.05) is 42.0 Å². The van der Waals surface area contributed by atoms with Crippen LogP contribution in [0.5, 0.6) is 11.5 Å². The van der Waals surface area contributed by atoms with E-state index in [0.29, 0.717) is 34.0 Å². The number of aliphatic hydroxyl groups is 1. The van der Waals surface area contributed by atoms with Gasteiger partial charge < -0.3 is 30.0 Å². The second-order valence-electron chi connectivity index (χ2n) is 15.6. The van der Waals surface area contributed by atoms with E-state index in [0.717, 1.165) is 35.5 Å². The Balaban J connectivity index is 1.06. The maximum Gasteiger partial charge on any atom is 0.323 e. The lowest BCUT2D eigenvalue weighted by Crippen LogP contribution is -2.46. The van der Waals surface area contributed by atoms with Gasteiger partial charge >= 0.3 is 6.03 Å². The highest BCUT2D eigenvalue weighted by molar-refractivity contribution is 5.99. The van der Waals surface area contributed by atoms with Gasteiger partial charge in [-0.3, -0.25) is 4.90 Å². The number of carbonyl (C=O) groups excluding carboxylic acids is 1. The summed E-state index contributed by atoms with van der Waals surface area (Å²) in [5.74, 6) is 1.54. The van der Waals surface area contributed by atoms with Crippen LogP contribution in [0.1, 0.15) is 76.0 Å². The molecular formula is C42H49N3O5. The third kappa shape index (κ3) is 7.89. The quantitative estimate of drug-likeness (QED) is 0.164. The van der Waals surface area contributed by atoms with Crippen LogP contribution in [-0.2, 0) is 16.1 Å². The average Bonchev–Trinajstić information content (AvgIpc) is 3.34. The molecule has 0 radical (unpaired) electrons. The van der Waals surface area contributed by atoms with Crippen molar-refractivity contribution in [3.05, 3.63) is 120 Å². The molecule has 2 aliphatic heterocycles. The number of para-hydroxylation sites is 1. The molecule has 8 nitrogen and oxygen atoms in total. The van der Waals surface area contributed by atoms with E-state index < -0.39 is 6.29 Å². The van der Waals surface area contributed by atoms with Gasteiger partial charge in [-0.25, -0.2) is 4.79 Å². The van der Waals surface area contributed by atoms with Crippen LogP contribution < -0.4 is 15.4 Å². The van der Waals surface area contributed by atoms with Gasteiger partial charge in [0.05, 0.1) is 18.8 Å². The van der Waals surface area contributed by atoms with Gasteiger partial charge in [-0.15, -0.1) is 0 Å². The molecule has 3 fully saturated rings. The zero-order valence-electron chi connectivity index (χ0n) is 29.5. The zero-order chi connectivity index (χ0) is 34.9. The number of anilines is 2. The van der Waals surface area contributed by atoms with Crippen LogP contribution in [0.3, 0.4) is 0 Å². The van der Waals surface area contributed by atoms with E-state index in [4.69, 9.17) is 14.2 Å². The monoisotopic (exact) mass is 675 g/mol. The average molecular weight is 676 g/mol. The van der Waals surface area contributed by atoms with Gasteiger partial charge in [0.1, 0.15) is 11.5 Å². The first kappa shape index (κ1) is 34.2. The Bertz CT molecular complexity index is 1760. The number of ether oxygens (including phenoxy) is 3.